The number of aliphatic hydroxyl groups excluding tert-OH is 12. The highest BCUT2D eigenvalue weighted by Gasteiger charge is 2.56. The lowest BCUT2D eigenvalue weighted by Gasteiger charge is -2.50. The number of carbonyl (C=O) groups excluding carboxylic acids is 1. The molecule has 5 fully saturated rings. The largest absolute Gasteiger partial charge is 0.469 e. The molecule has 0 saturated carbocycles. The number of hydrogen-bond donors (Lipinski definition) is 12. The van der Waals surface area contributed by atoms with Crippen molar-refractivity contribution in [1.82, 2.24) is 0 Å². The van der Waals surface area contributed by atoms with Gasteiger partial charge >= 0.3 is 5.97 Å². The molecular weight excluding hydrogens is 924 g/mol. The molecule has 5 rings (SSSR count). The molecule has 0 unspecified atom stereocenters. The van der Waals surface area contributed by atoms with E-state index in [1.807, 2.05) is 6.92 Å². The highest BCUT2D eigenvalue weighted by Crippen LogP contribution is 2.37. The van der Waals surface area contributed by atoms with Crippen LogP contribution in [-0.4, -0.2) is 241 Å². The van der Waals surface area contributed by atoms with E-state index in [2.05, 4.69) is 4.74 Å². The van der Waals surface area contributed by atoms with Crippen LogP contribution in [0.15, 0.2) is 0 Å². The van der Waals surface area contributed by atoms with Crippen molar-refractivity contribution >= 4 is 5.97 Å². The summed E-state index contributed by atoms with van der Waals surface area (Å²) in [6.07, 6.45) is -30.3. The van der Waals surface area contributed by atoms with Crippen LogP contribution in [0.5, 0.6) is 0 Å². The van der Waals surface area contributed by atoms with E-state index in [9.17, 15) is 66.1 Å². The molecule has 0 aromatic heterocycles. The van der Waals surface area contributed by atoms with Crippen molar-refractivity contribution in [2.75, 3.05) is 13.7 Å². The number of ether oxygens (including phenoxy) is 11. The van der Waals surface area contributed by atoms with E-state index < -0.39 is 160 Å². The predicted octanol–water partition coefficient (Wildman–Crippen LogP) is -2.94. The first kappa shape index (κ1) is 58.5. The van der Waals surface area contributed by atoms with Crippen molar-refractivity contribution in [2.45, 2.75) is 265 Å². The molecule has 0 amide bonds. The monoisotopic (exact) mass is 1000 g/mol. The van der Waals surface area contributed by atoms with Crippen LogP contribution in [0.2, 0.25) is 0 Å². The van der Waals surface area contributed by atoms with E-state index in [-0.39, 0.29) is 12.1 Å². The van der Waals surface area contributed by atoms with Gasteiger partial charge < -0.3 is 113 Å². The Labute approximate surface area is 402 Å². The minimum absolute atomic E-state index is 0.208. The topological polar surface area (TPSA) is 361 Å². The Morgan fingerprint density at radius 2 is 0.884 bits per heavy atom. The first-order chi connectivity index (χ1) is 32.7. The number of aliphatic hydroxyl groups is 12. The molecule has 26 atom stereocenters. The first-order valence-electron chi connectivity index (χ1n) is 24.4. The van der Waals surface area contributed by atoms with Gasteiger partial charge in [0.2, 0.25) is 0 Å². The SMILES string of the molecule is CCC[C@@H](CCCCCCCCCC(=O)OC)O[C@@H]1O[C@H](C)[C@H](O)[C@H](O)[C@H]1O[C@@H]1O[C@@H](C)[C@H](O[C@@H]2O[C@@H](C)[C@H](O[C@@H]3O[C@@H](C)[C@H](O)[C@@H](O)[C@H]3O)[C@@H](O[C@@H]3O[C@H](CO)[C@@H](O)[C@H](O)[C@H]3O)[C@H]2O)[C@@H](O)[C@H]1O. The van der Waals surface area contributed by atoms with Gasteiger partial charge in [0, 0.05) is 6.42 Å². The molecule has 24 heteroatoms. The van der Waals surface area contributed by atoms with Gasteiger partial charge in [-0.25, -0.2) is 0 Å². The molecule has 0 spiro atoms. The Morgan fingerprint density at radius 1 is 0.449 bits per heavy atom. The highest BCUT2D eigenvalue weighted by atomic mass is 16.8. The Kier molecular flexibility index (Phi) is 23.1. The summed E-state index contributed by atoms with van der Waals surface area (Å²) in [5.74, 6) is -0.208. The van der Waals surface area contributed by atoms with Crippen LogP contribution in [0.4, 0.5) is 0 Å². The van der Waals surface area contributed by atoms with Crippen LogP contribution in [0.1, 0.15) is 105 Å². The van der Waals surface area contributed by atoms with Gasteiger partial charge in [-0.1, -0.05) is 51.9 Å². The molecule has 0 aromatic rings. The summed E-state index contributed by atoms with van der Waals surface area (Å²) < 4.78 is 64.5. The van der Waals surface area contributed by atoms with Crippen molar-refractivity contribution in [2.24, 2.45) is 0 Å². The number of rotatable bonds is 23. The fourth-order valence-corrected chi connectivity index (χ4v) is 9.35. The number of methoxy groups -OCH3 is 1. The summed E-state index contributed by atoms with van der Waals surface area (Å²) in [5.41, 5.74) is 0. The van der Waals surface area contributed by atoms with E-state index in [4.69, 9.17) is 47.4 Å². The zero-order chi connectivity index (χ0) is 50.9. The number of esters is 1. The Morgan fingerprint density at radius 3 is 1.48 bits per heavy atom. The van der Waals surface area contributed by atoms with E-state index in [0.29, 0.717) is 19.3 Å². The molecule has 5 heterocycles. The second-order valence-corrected chi connectivity index (χ2v) is 19.0. The quantitative estimate of drug-likeness (QED) is 0.0360. The van der Waals surface area contributed by atoms with Crippen LogP contribution >= 0.6 is 0 Å². The van der Waals surface area contributed by atoms with Crippen molar-refractivity contribution < 1.29 is 118 Å². The minimum Gasteiger partial charge on any atom is -0.469 e. The van der Waals surface area contributed by atoms with Crippen molar-refractivity contribution in [3.63, 3.8) is 0 Å². The molecule has 0 bridgehead atoms. The van der Waals surface area contributed by atoms with Gasteiger partial charge in [-0.05, 0) is 47.0 Å². The molecule has 0 aliphatic carbocycles. The summed E-state index contributed by atoms with van der Waals surface area (Å²) in [7, 11) is 1.38. The summed E-state index contributed by atoms with van der Waals surface area (Å²) >= 11 is 0. The first-order valence-corrected chi connectivity index (χ1v) is 24.4. The van der Waals surface area contributed by atoms with Crippen LogP contribution < -0.4 is 0 Å². The summed E-state index contributed by atoms with van der Waals surface area (Å²) in [6.45, 7) is 7.08. The maximum absolute atomic E-state index is 11.9. The zero-order valence-electron chi connectivity index (χ0n) is 40.3. The van der Waals surface area contributed by atoms with Gasteiger partial charge in [-0.2, -0.15) is 0 Å². The van der Waals surface area contributed by atoms with Gasteiger partial charge in [0.15, 0.2) is 31.5 Å². The molecule has 24 nitrogen and oxygen atoms in total. The Hall–Kier alpha value is -1.41. The average molecular weight is 1010 g/mol. The summed E-state index contributed by atoms with van der Waals surface area (Å²) in [5, 5.41) is 130. The fraction of sp³-hybridized carbons (Fsp3) is 0.978. The molecule has 69 heavy (non-hydrogen) atoms. The maximum Gasteiger partial charge on any atom is 0.305 e. The van der Waals surface area contributed by atoms with Gasteiger partial charge in [0.05, 0.1) is 44.2 Å². The number of carbonyl (C=O) groups is 1. The highest BCUT2D eigenvalue weighted by molar-refractivity contribution is 5.68. The summed E-state index contributed by atoms with van der Waals surface area (Å²) in [6, 6.07) is 0. The standard InChI is InChI=1S/C45H80O24/c1-7-15-23(16-13-11-9-8-10-12-14-17-25(47)59-6)64-45-40(31(53)27(49)20(3)61-45)69-42-35(57)32(54)37(21(4)62-42)66-44-36(58)39(68-43-34(56)30(52)28(50)24(18-46)65-43)38(22(5)63-44)67-41-33(55)29(51)26(48)19(2)60-41/h19-24,26-46,48-58H,7-18H2,1-6H3/t19-,20+,21-,22-,23-,24+,26-,27-,28+,29+,30-,31-,32-,33+,34+,35+,36+,37-,38-,39-,40+,41-,42-,43-,44-,45-/m0/s1. The Balaban J connectivity index is 1.25. The van der Waals surface area contributed by atoms with Crippen molar-refractivity contribution in [3.05, 3.63) is 0 Å². The lowest BCUT2D eigenvalue weighted by molar-refractivity contribution is -0.400. The molecule has 12 N–H and O–H groups in total. The normalized spacial score (nSPS) is 45.8. The predicted molar refractivity (Wildman–Crippen MR) is 232 cm³/mol. The minimum atomic E-state index is -1.95. The van der Waals surface area contributed by atoms with Crippen LogP contribution in [0, 0.1) is 0 Å². The molecule has 404 valence electrons. The van der Waals surface area contributed by atoms with E-state index in [1.165, 1.54) is 27.9 Å². The number of unbranched alkanes of at least 4 members (excludes halogenated alkanes) is 6. The van der Waals surface area contributed by atoms with Crippen LogP contribution in [0.3, 0.4) is 0 Å². The van der Waals surface area contributed by atoms with Crippen LogP contribution in [-0.2, 0) is 56.9 Å². The van der Waals surface area contributed by atoms with E-state index in [1.54, 1.807) is 6.92 Å². The fourth-order valence-electron chi connectivity index (χ4n) is 9.35. The van der Waals surface area contributed by atoms with Gasteiger partial charge in [-0.3, -0.25) is 4.79 Å². The number of hydrogen-bond acceptors (Lipinski definition) is 24. The van der Waals surface area contributed by atoms with E-state index in [0.717, 1.165) is 51.4 Å². The van der Waals surface area contributed by atoms with Crippen molar-refractivity contribution in [3.8, 4) is 0 Å². The molecular formula is C45H80O24. The maximum atomic E-state index is 11.9. The third-order valence-corrected chi connectivity index (χ3v) is 13.7. The molecule has 5 saturated heterocycles. The van der Waals surface area contributed by atoms with Gasteiger partial charge in [0.25, 0.3) is 0 Å². The van der Waals surface area contributed by atoms with Crippen LogP contribution in [0.25, 0.3) is 0 Å². The van der Waals surface area contributed by atoms with Gasteiger partial charge in [0.1, 0.15) is 97.7 Å². The zero-order valence-corrected chi connectivity index (χ0v) is 40.3. The van der Waals surface area contributed by atoms with Gasteiger partial charge in [-0.15, -0.1) is 0 Å². The smallest absolute Gasteiger partial charge is 0.305 e. The third-order valence-electron chi connectivity index (χ3n) is 13.7. The molecule has 5 aliphatic heterocycles. The van der Waals surface area contributed by atoms with Crippen molar-refractivity contribution in [1.29, 1.82) is 0 Å². The Bertz CT molecular complexity index is 1500. The average Bonchev–Trinajstić information content (AvgIpc) is 3.32. The van der Waals surface area contributed by atoms with E-state index >= 15 is 0 Å². The summed E-state index contributed by atoms with van der Waals surface area (Å²) in [4.78, 5) is 11.3. The molecule has 0 radical (unpaired) electrons. The molecule has 5 aliphatic rings. The lowest BCUT2D eigenvalue weighted by Crippen LogP contribution is -2.67. The lowest BCUT2D eigenvalue weighted by atomic mass is 9.95. The second kappa shape index (κ2) is 27.2. The second-order valence-electron chi connectivity index (χ2n) is 19.0. The molecule has 0 aromatic carbocycles. The third kappa shape index (κ3) is 14.7.